The molecule has 1 fully saturated rings. The Morgan fingerprint density at radius 2 is 1.74 bits per heavy atom. The maximum atomic E-state index is 13.1. The first-order valence-corrected chi connectivity index (χ1v) is 11.6. The lowest BCUT2D eigenvalue weighted by molar-refractivity contribution is -0.137. The maximum absolute atomic E-state index is 13.1. The Bertz CT molecular complexity index is 997. The van der Waals surface area contributed by atoms with E-state index >= 15 is 0 Å². The fourth-order valence-electron chi connectivity index (χ4n) is 4.33. The molecule has 0 aliphatic carbocycles. The molecule has 2 aromatic carbocycles. The third kappa shape index (κ3) is 6.59. The van der Waals surface area contributed by atoms with Crippen molar-refractivity contribution in [3.8, 4) is 0 Å². The van der Waals surface area contributed by atoms with Crippen LogP contribution in [0.1, 0.15) is 59.2 Å². The van der Waals surface area contributed by atoms with E-state index in [-0.39, 0.29) is 24.3 Å². The summed E-state index contributed by atoms with van der Waals surface area (Å²) in [4.78, 5) is 29.2. The van der Waals surface area contributed by atoms with Crippen LogP contribution in [-0.4, -0.2) is 54.8 Å². The highest BCUT2D eigenvalue weighted by Gasteiger charge is 2.31. The molecule has 1 aliphatic rings. The van der Waals surface area contributed by atoms with Gasteiger partial charge >= 0.3 is 6.18 Å². The van der Waals surface area contributed by atoms with Crippen LogP contribution in [0, 0.1) is 6.92 Å². The van der Waals surface area contributed by atoms with Gasteiger partial charge in [0.2, 0.25) is 5.91 Å². The van der Waals surface area contributed by atoms with Crippen LogP contribution in [-0.2, 0) is 11.0 Å². The van der Waals surface area contributed by atoms with Crippen molar-refractivity contribution in [3.05, 3.63) is 64.7 Å². The molecule has 0 atom stereocenters. The SMILES string of the molecule is CCCN(C)CC(=O)Nc1cc(C(=O)N2CCC(c3ccc(C(F)(F)F)cc3)CC2)ccc1C. The molecule has 0 spiro atoms. The van der Waals surface area contributed by atoms with E-state index in [1.54, 1.807) is 17.0 Å². The molecule has 0 saturated carbocycles. The van der Waals surface area contributed by atoms with Crippen LogP contribution < -0.4 is 5.32 Å². The lowest BCUT2D eigenvalue weighted by atomic mass is 9.88. The van der Waals surface area contributed by atoms with Crippen molar-refractivity contribution < 1.29 is 22.8 Å². The van der Waals surface area contributed by atoms with Crippen molar-refractivity contribution in [1.82, 2.24) is 9.80 Å². The summed E-state index contributed by atoms with van der Waals surface area (Å²) in [5, 5.41) is 2.91. The fraction of sp³-hybridized carbons (Fsp3) is 0.462. The molecule has 0 aromatic heterocycles. The molecule has 2 aromatic rings. The van der Waals surface area contributed by atoms with E-state index in [9.17, 15) is 22.8 Å². The van der Waals surface area contributed by atoms with Crippen LogP contribution in [0.5, 0.6) is 0 Å². The van der Waals surface area contributed by atoms with Crippen molar-refractivity contribution in [2.45, 2.75) is 45.2 Å². The van der Waals surface area contributed by atoms with Gasteiger partial charge in [0.1, 0.15) is 0 Å². The summed E-state index contributed by atoms with van der Waals surface area (Å²) < 4.78 is 38.4. The first-order valence-electron chi connectivity index (χ1n) is 11.6. The predicted octanol–water partition coefficient (Wildman–Crippen LogP) is 5.31. The zero-order chi connectivity index (χ0) is 24.9. The molecular weight excluding hydrogens is 443 g/mol. The Kier molecular flexibility index (Phi) is 8.36. The highest BCUT2D eigenvalue weighted by Crippen LogP contribution is 2.33. The standard InChI is InChI=1S/C26H32F3N3O2/c1-4-13-31(3)17-24(33)30-23-16-21(6-5-18(23)2)25(34)32-14-11-20(12-15-32)19-7-9-22(10-8-19)26(27,28)29/h5-10,16,20H,4,11-15,17H2,1-3H3,(H,30,33). The molecule has 1 aliphatic heterocycles. The van der Waals surface area contributed by atoms with Gasteiger partial charge in [0, 0.05) is 24.3 Å². The Morgan fingerprint density at radius 3 is 2.32 bits per heavy atom. The monoisotopic (exact) mass is 475 g/mol. The van der Waals surface area contributed by atoms with Gasteiger partial charge < -0.3 is 10.2 Å². The zero-order valence-corrected chi connectivity index (χ0v) is 19.9. The third-order valence-corrected chi connectivity index (χ3v) is 6.27. The van der Waals surface area contributed by atoms with Gasteiger partial charge in [-0.15, -0.1) is 0 Å². The average Bonchev–Trinajstić information content (AvgIpc) is 2.80. The largest absolute Gasteiger partial charge is 0.416 e. The maximum Gasteiger partial charge on any atom is 0.416 e. The van der Waals surface area contributed by atoms with E-state index in [2.05, 4.69) is 12.2 Å². The number of hydrogen-bond acceptors (Lipinski definition) is 3. The van der Waals surface area contributed by atoms with Gasteiger partial charge in [-0.1, -0.05) is 25.1 Å². The van der Waals surface area contributed by atoms with Crippen LogP contribution >= 0.6 is 0 Å². The van der Waals surface area contributed by atoms with E-state index in [0.29, 0.717) is 37.2 Å². The van der Waals surface area contributed by atoms with E-state index in [1.807, 2.05) is 24.9 Å². The number of hydrogen-bond donors (Lipinski definition) is 1. The lowest BCUT2D eigenvalue weighted by Crippen LogP contribution is -2.38. The summed E-state index contributed by atoms with van der Waals surface area (Å²) in [7, 11) is 1.89. The summed E-state index contributed by atoms with van der Waals surface area (Å²) in [6.07, 6.45) is -2.00. The summed E-state index contributed by atoms with van der Waals surface area (Å²) in [6, 6.07) is 10.6. The fourth-order valence-corrected chi connectivity index (χ4v) is 4.33. The summed E-state index contributed by atoms with van der Waals surface area (Å²) in [6.45, 7) is 6.11. The molecule has 8 heteroatoms. The molecule has 5 nitrogen and oxygen atoms in total. The molecule has 1 heterocycles. The molecule has 184 valence electrons. The number of amides is 2. The van der Waals surface area contributed by atoms with Crippen molar-refractivity contribution in [2.24, 2.45) is 0 Å². The van der Waals surface area contributed by atoms with Gasteiger partial charge in [-0.25, -0.2) is 0 Å². The summed E-state index contributed by atoms with van der Waals surface area (Å²) in [5.74, 6) is -0.107. The highest BCUT2D eigenvalue weighted by atomic mass is 19.4. The van der Waals surface area contributed by atoms with Crippen LogP contribution in [0.25, 0.3) is 0 Å². The van der Waals surface area contributed by atoms with Gasteiger partial charge in [-0.05, 0) is 81.1 Å². The average molecular weight is 476 g/mol. The number of nitrogens with zero attached hydrogens (tertiary/aromatic N) is 2. The lowest BCUT2D eigenvalue weighted by Gasteiger charge is -2.32. The number of piperidine rings is 1. The van der Waals surface area contributed by atoms with E-state index < -0.39 is 11.7 Å². The number of nitrogens with one attached hydrogen (secondary N) is 1. The predicted molar refractivity (Wildman–Crippen MR) is 127 cm³/mol. The van der Waals surface area contributed by atoms with Crippen LogP contribution in [0.4, 0.5) is 18.9 Å². The Labute approximate surface area is 198 Å². The van der Waals surface area contributed by atoms with Crippen molar-refractivity contribution in [3.63, 3.8) is 0 Å². The zero-order valence-electron chi connectivity index (χ0n) is 19.9. The number of aryl methyl sites for hydroxylation is 1. The van der Waals surface area contributed by atoms with Gasteiger partial charge in [0.25, 0.3) is 5.91 Å². The number of benzene rings is 2. The third-order valence-electron chi connectivity index (χ3n) is 6.27. The first kappa shape index (κ1) is 25.7. The number of anilines is 1. The molecule has 3 rings (SSSR count). The smallest absolute Gasteiger partial charge is 0.339 e. The molecular formula is C26H32F3N3O2. The van der Waals surface area contributed by atoms with Crippen molar-refractivity contribution in [2.75, 3.05) is 38.5 Å². The van der Waals surface area contributed by atoms with Crippen LogP contribution in [0.2, 0.25) is 0 Å². The molecule has 1 N–H and O–H groups in total. The quantitative estimate of drug-likeness (QED) is 0.590. The van der Waals surface area contributed by atoms with Gasteiger partial charge in [0.05, 0.1) is 12.1 Å². The first-order chi connectivity index (χ1) is 16.1. The van der Waals surface area contributed by atoms with E-state index in [0.717, 1.165) is 36.2 Å². The second-order valence-electron chi connectivity index (χ2n) is 9.00. The summed E-state index contributed by atoms with van der Waals surface area (Å²) in [5.41, 5.74) is 2.23. The normalized spacial score (nSPS) is 15.0. The second-order valence-corrected chi connectivity index (χ2v) is 9.00. The molecule has 0 radical (unpaired) electrons. The number of likely N-dealkylation sites (N-methyl/N-ethyl adjacent to an activating group) is 1. The minimum atomic E-state index is -4.34. The summed E-state index contributed by atoms with van der Waals surface area (Å²) >= 11 is 0. The number of alkyl halides is 3. The minimum absolute atomic E-state index is 0.107. The molecule has 34 heavy (non-hydrogen) atoms. The van der Waals surface area contributed by atoms with Crippen molar-refractivity contribution in [1.29, 1.82) is 0 Å². The number of carbonyl (C=O) groups is 2. The van der Waals surface area contributed by atoms with E-state index in [4.69, 9.17) is 0 Å². The van der Waals surface area contributed by atoms with Crippen LogP contribution in [0.15, 0.2) is 42.5 Å². The Balaban J connectivity index is 1.60. The minimum Gasteiger partial charge on any atom is -0.339 e. The number of halogens is 3. The molecule has 2 amide bonds. The Morgan fingerprint density at radius 1 is 1.09 bits per heavy atom. The van der Waals surface area contributed by atoms with Crippen molar-refractivity contribution >= 4 is 17.5 Å². The molecule has 1 saturated heterocycles. The van der Waals surface area contributed by atoms with E-state index in [1.165, 1.54) is 12.1 Å². The number of rotatable bonds is 7. The van der Waals surface area contributed by atoms with Gasteiger partial charge in [0.15, 0.2) is 0 Å². The number of carbonyl (C=O) groups excluding carboxylic acids is 2. The second kappa shape index (κ2) is 11.0. The molecule has 0 bridgehead atoms. The van der Waals surface area contributed by atoms with Crippen LogP contribution in [0.3, 0.4) is 0 Å². The number of likely N-dealkylation sites (tertiary alicyclic amines) is 1. The topological polar surface area (TPSA) is 52.7 Å². The van der Waals surface area contributed by atoms with Gasteiger partial charge in [-0.2, -0.15) is 13.2 Å². The molecule has 0 unspecified atom stereocenters. The Hall–Kier alpha value is -2.87. The highest BCUT2D eigenvalue weighted by molar-refractivity contribution is 5.98. The van der Waals surface area contributed by atoms with Gasteiger partial charge in [-0.3, -0.25) is 14.5 Å².